The molecule has 0 atom stereocenters. The molecule has 1 saturated carbocycles. The molecule has 0 radical (unpaired) electrons. The molecule has 0 aliphatic heterocycles. The molecule has 1 aliphatic rings. The summed E-state index contributed by atoms with van der Waals surface area (Å²) >= 11 is 19.0. The van der Waals surface area contributed by atoms with Crippen molar-refractivity contribution in [3.05, 3.63) is 45.4 Å². The minimum absolute atomic E-state index is 0.0508. The zero-order valence-electron chi connectivity index (χ0n) is 13.9. The Hall–Kier alpha value is -1.58. The molecule has 1 fully saturated rings. The molecule has 6 nitrogen and oxygen atoms in total. The van der Waals surface area contributed by atoms with E-state index >= 15 is 0 Å². The molecular weight excluding hydrogens is 467 g/mol. The third-order valence-electron chi connectivity index (χ3n) is 3.96. The number of carbonyl (C=O) groups is 1. The molecule has 1 amide bonds. The van der Waals surface area contributed by atoms with Gasteiger partial charge in [-0.3, -0.25) is 4.79 Å². The first kappa shape index (κ1) is 19.7. The van der Waals surface area contributed by atoms with Crippen LogP contribution in [0.5, 0.6) is 5.75 Å². The van der Waals surface area contributed by atoms with Gasteiger partial charge in [-0.2, -0.15) is 8.42 Å². The van der Waals surface area contributed by atoms with Crippen molar-refractivity contribution in [1.29, 1.82) is 0 Å². The van der Waals surface area contributed by atoms with E-state index in [0.29, 0.717) is 15.3 Å². The number of rotatable bonds is 5. The number of nitrogens with zero attached hydrogens (tertiary/aromatic N) is 1. The van der Waals surface area contributed by atoms with E-state index in [1.54, 1.807) is 6.07 Å². The number of fused-ring (bicyclic) bond motifs is 1. The molecule has 1 heterocycles. The first-order chi connectivity index (χ1) is 13.2. The van der Waals surface area contributed by atoms with Crippen molar-refractivity contribution in [2.75, 3.05) is 5.32 Å². The van der Waals surface area contributed by atoms with Gasteiger partial charge in [0.2, 0.25) is 5.91 Å². The van der Waals surface area contributed by atoms with Gasteiger partial charge in [0.05, 0.1) is 20.3 Å². The Balaban J connectivity index is 1.61. The van der Waals surface area contributed by atoms with E-state index in [4.69, 9.17) is 39.0 Å². The Morgan fingerprint density at radius 3 is 2.46 bits per heavy atom. The van der Waals surface area contributed by atoms with Crippen LogP contribution in [0.15, 0.2) is 35.2 Å². The molecule has 28 heavy (non-hydrogen) atoms. The minimum Gasteiger partial charge on any atom is -0.379 e. The van der Waals surface area contributed by atoms with Gasteiger partial charge in [-0.05, 0) is 37.1 Å². The molecule has 4 rings (SSSR count). The average molecular weight is 478 g/mol. The largest absolute Gasteiger partial charge is 0.379 e. The van der Waals surface area contributed by atoms with Gasteiger partial charge in [0, 0.05) is 17.0 Å². The van der Waals surface area contributed by atoms with E-state index in [0.717, 1.165) is 12.8 Å². The minimum atomic E-state index is -4.28. The van der Waals surface area contributed by atoms with Crippen LogP contribution in [0.4, 0.5) is 5.13 Å². The second-order valence-corrected chi connectivity index (χ2v) is 9.91. The summed E-state index contributed by atoms with van der Waals surface area (Å²) in [6.45, 7) is 0. The fourth-order valence-electron chi connectivity index (χ4n) is 2.50. The van der Waals surface area contributed by atoms with Gasteiger partial charge in [0.25, 0.3) is 0 Å². The first-order valence-electron chi connectivity index (χ1n) is 8.03. The van der Waals surface area contributed by atoms with Crippen molar-refractivity contribution in [1.82, 2.24) is 4.98 Å². The fourth-order valence-corrected chi connectivity index (χ4v) is 5.82. The highest BCUT2D eigenvalue weighted by Gasteiger charge is 2.30. The Morgan fingerprint density at radius 2 is 1.82 bits per heavy atom. The number of aromatic nitrogens is 1. The number of anilines is 1. The van der Waals surface area contributed by atoms with Gasteiger partial charge in [-0.25, -0.2) is 4.98 Å². The number of halogens is 3. The number of carbonyl (C=O) groups excluding carboxylic acids is 1. The zero-order valence-corrected chi connectivity index (χ0v) is 17.8. The van der Waals surface area contributed by atoms with Crippen LogP contribution < -0.4 is 9.50 Å². The van der Waals surface area contributed by atoms with Gasteiger partial charge < -0.3 is 9.50 Å². The summed E-state index contributed by atoms with van der Waals surface area (Å²) in [5, 5.41) is 3.16. The van der Waals surface area contributed by atoms with E-state index in [1.165, 1.54) is 35.6 Å². The summed E-state index contributed by atoms with van der Waals surface area (Å²) in [4.78, 5) is 15.8. The predicted octanol–water partition coefficient (Wildman–Crippen LogP) is 5.37. The average Bonchev–Trinajstić information content (AvgIpc) is 3.34. The molecule has 0 unspecified atom stereocenters. The topological polar surface area (TPSA) is 85.4 Å². The van der Waals surface area contributed by atoms with E-state index in [1.807, 2.05) is 0 Å². The molecule has 1 aliphatic carbocycles. The number of benzene rings is 2. The summed E-state index contributed by atoms with van der Waals surface area (Å²) in [5.74, 6) is 0.0772. The van der Waals surface area contributed by atoms with Crippen molar-refractivity contribution in [3.63, 3.8) is 0 Å². The van der Waals surface area contributed by atoms with Crippen molar-refractivity contribution < 1.29 is 17.4 Å². The number of hydrogen-bond acceptors (Lipinski definition) is 6. The van der Waals surface area contributed by atoms with Gasteiger partial charge in [-0.15, -0.1) is 0 Å². The first-order valence-corrected chi connectivity index (χ1v) is 11.4. The van der Waals surface area contributed by atoms with Crippen molar-refractivity contribution in [2.24, 2.45) is 5.92 Å². The molecule has 0 saturated heterocycles. The molecule has 2 aromatic carbocycles. The lowest BCUT2D eigenvalue weighted by molar-refractivity contribution is -0.117. The Kier molecular flexibility index (Phi) is 5.18. The van der Waals surface area contributed by atoms with Crippen molar-refractivity contribution >= 4 is 77.5 Å². The third kappa shape index (κ3) is 4.06. The lowest BCUT2D eigenvalue weighted by atomic mass is 10.3. The zero-order chi connectivity index (χ0) is 20.1. The monoisotopic (exact) mass is 476 g/mol. The summed E-state index contributed by atoms with van der Waals surface area (Å²) < 4.78 is 31.1. The van der Waals surface area contributed by atoms with Gasteiger partial charge >= 0.3 is 10.1 Å². The van der Waals surface area contributed by atoms with Crippen molar-refractivity contribution in [2.45, 2.75) is 17.7 Å². The number of hydrogen-bond donors (Lipinski definition) is 1. The molecular formula is C17H11Cl3N2O4S2. The maximum atomic E-state index is 12.6. The summed E-state index contributed by atoms with van der Waals surface area (Å²) in [7, 11) is -4.28. The van der Waals surface area contributed by atoms with Crippen molar-refractivity contribution in [3.8, 4) is 5.75 Å². The highest BCUT2D eigenvalue weighted by Crippen LogP contribution is 2.36. The van der Waals surface area contributed by atoms with Crippen LogP contribution in [0.2, 0.25) is 15.1 Å². The van der Waals surface area contributed by atoms with Crippen LogP contribution in [0, 0.1) is 5.92 Å². The standard InChI is InChI=1S/C17H11Cl3N2O4S2/c18-9-5-11(19)15(12(20)6-9)28(24,25)26-10-3-4-13-14(7-10)27-17(21-13)22-16(23)8-1-2-8/h3-8H,1-2H2,(H,21,22,23). The smallest absolute Gasteiger partial charge is 0.342 e. The van der Waals surface area contributed by atoms with Gasteiger partial charge in [0.15, 0.2) is 5.13 Å². The van der Waals surface area contributed by atoms with Crippen LogP contribution in [0.3, 0.4) is 0 Å². The highest BCUT2D eigenvalue weighted by atomic mass is 35.5. The van der Waals surface area contributed by atoms with E-state index in [-0.39, 0.29) is 37.5 Å². The molecule has 1 aromatic heterocycles. The fraction of sp³-hybridized carbons (Fsp3) is 0.176. The van der Waals surface area contributed by atoms with E-state index < -0.39 is 10.1 Å². The molecule has 0 bridgehead atoms. The molecule has 11 heteroatoms. The quantitative estimate of drug-likeness (QED) is 0.499. The SMILES string of the molecule is O=C(Nc1nc2ccc(OS(=O)(=O)c3c(Cl)cc(Cl)cc3Cl)cc2s1)C1CC1. The maximum Gasteiger partial charge on any atom is 0.342 e. The van der Waals surface area contributed by atoms with E-state index in [2.05, 4.69) is 10.3 Å². The number of nitrogens with one attached hydrogen (secondary N) is 1. The Bertz CT molecular complexity index is 1180. The van der Waals surface area contributed by atoms with Crippen LogP contribution in [-0.4, -0.2) is 19.3 Å². The van der Waals surface area contributed by atoms with Crippen LogP contribution in [-0.2, 0) is 14.9 Å². The third-order valence-corrected chi connectivity index (χ3v) is 7.28. The van der Waals surface area contributed by atoms with Crippen LogP contribution in [0.1, 0.15) is 12.8 Å². The Labute approximate surface area is 179 Å². The molecule has 1 N–H and O–H groups in total. The number of thiazole rings is 1. The van der Waals surface area contributed by atoms with Crippen LogP contribution in [0.25, 0.3) is 10.2 Å². The number of amides is 1. The van der Waals surface area contributed by atoms with E-state index in [9.17, 15) is 13.2 Å². The summed E-state index contributed by atoms with van der Waals surface area (Å²) in [6, 6.07) is 7.13. The normalized spacial score (nSPS) is 14.2. The summed E-state index contributed by atoms with van der Waals surface area (Å²) in [5.41, 5.74) is 0.614. The second kappa shape index (κ2) is 7.35. The highest BCUT2D eigenvalue weighted by molar-refractivity contribution is 7.87. The lowest BCUT2D eigenvalue weighted by Crippen LogP contribution is -2.12. The molecule has 146 valence electrons. The molecule has 0 spiro atoms. The lowest BCUT2D eigenvalue weighted by Gasteiger charge is -2.10. The Morgan fingerprint density at radius 1 is 1.14 bits per heavy atom. The maximum absolute atomic E-state index is 12.6. The van der Waals surface area contributed by atoms with Crippen LogP contribution >= 0.6 is 46.1 Å². The molecule has 3 aromatic rings. The van der Waals surface area contributed by atoms with Gasteiger partial charge in [0.1, 0.15) is 10.6 Å². The van der Waals surface area contributed by atoms with Gasteiger partial charge in [-0.1, -0.05) is 46.1 Å². The predicted molar refractivity (Wildman–Crippen MR) is 110 cm³/mol. The summed E-state index contributed by atoms with van der Waals surface area (Å²) in [6.07, 6.45) is 1.78. The second-order valence-electron chi connectivity index (χ2n) is 6.15.